The molecular weight excluding hydrogens is 216 g/mol. The Bertz CT molecular complexity index is 350. The first kappa shape index (κ1) is 11.7. The summed E-state index contributed by atoms with van der Waals surface area (Å²) in [6.45, 7) is 3.71. The molecule has 1 amide bonds. The maximum atomic E-state index is 10.8. The van der Waals surface area contributed by atoms with Crippen molar-refractivity contribution in [1.29, 1.82) is 0 Å². The predicted octanol–water partition coefficient (Wildman–Crippen LogP) is 1.20. The molecule has 0 saturated heterocycles. The molecule has 0 aliphatic rings. The molecule has 1 heterocycles. The largest absolute Gasteiger partial charge is 0.370 e. The highest BCUT2D eigenvalue weighted by atomic mass is 35.5. The average molecular weight is 229 g/mol. The number of hydrogen-bond donors (Lipinski definition) is 2. The predicted molar refractivity (Wildman–Crippen MR) is 58.6 cm³/mol. The number of nitrogens with zero attached hydrogens (tertiary/aromatic N) is 2. The van der Waals surface area contributed by atoms with Gasteiger partial charge in [0.15, 0.2) is 0 Å². The topological polar surface area (TPSA) is 80.9 Å². The van der Waals surface area contributed by atoms with Gasteiger partial charge in [0.1, 0.15) is 11.0 Å². The number of nitrogens with one attached hydrogen (secondary N) is 1. The van der Waals surface area contributed by atoms with E-state index < -0.39 is 5.54 Å². The molecule has 0 radical (unpaired) electrons. The van der Waals surface area contributed by atoms with Crippen LogP contribution in [0.1, 0.15) is 20.3 Å². The van der Waals surface area contributed by atoms with Crippen molar-refractivity contribution in [1.82, 2.24) is 9.97 Å². The normalized spacial score (nSPS) is 11.1. The molecule has 0 aliphatic carbocycles. The molecule has 1 rings (SSSR count). The zero-order chi connectivity index (χ0) is 11.5. The molecule has 0 aromatic carbocycles. The molecule has 0 bridgehead atoms. The fourth-order valence-corrected chi connectivity index (χ4v) is 1.30. The number of aromatic nitrogens is 2. The number of anilines is 1. The van der Waals surface area contributed by atoms with Gasteiger partial charge in [0.25, 0.3) is 0 Å². The van der Waals surface area contributed by atoms with Crippen molar-refractivity contribution < 1.29 is 4.79 Å². The summed E-state index contributed by atoms with van der Waals surface area (Å²) >= 11 is 5.59. The Morgan fingerprint density at radius 1 is 1.53 bits per heavy atom. The number of primary amides is 1. The molecule has 1 aromatic rings. The first-order valence-corrected chi connectivity index (χ1v) is 4.81. The molecule has 3 N–H and O–H groups in total. The second kappa shape index (κ2) is 4.44. The smallest absolute Gasteiger partial charge is 0.219 e. The lowest BCUT2D eigenvalue weighted by Gasteiger charge is -2.24. The summed E-state index contributed by atoms with van der Waals surface area (Å²) < 4.78 is 0. The summed E-state index contributed by atoms with van der Waals surface area (Å²) in [4.78, 5) is 18.7. The van der Waals surface area contributed by atoms with Gasteiger partial charge in [-0.05, 0) is 13.8 Å². The molecule has 82 valence electrons. The van der Waals surface area contributed by atoms with E-state index in [4.69, 9.17) is 17.3 Å². The van der Waals surface area contributed by atoms with E-state index in [0.717, 1.165) is 0 Å². The minimum absolute atomic E-state index is 0.220. The van der Waals surface area contributed by atoms with E-state index in [-0.39, 0.29) is 12.3 Å². The summed E-state index contributed by atoms with van der Waals surface area (Å²) in [5.74, 6) is 0.195. The standard InChI is InChI=1S/C9H13ClN4O/c1-9(2,3-7(11)15)14-8-5-12-6(10)4-13-8/h4-5H,3H2,1-2H3,(H2,11,15)(H,13,14). The van der Waals surface area contributed by atoms with Gasteiger partial charge >= 0.3 is 0 Å². The number of carbonyl (C=O) groups excluding carboxylic acids is 1. The minimum Gasteiger partial charge on any atom is -0.370 e. The second-order valence-electron chi connectivity index (χ2n) is 3.88. The molecule has 1 aromatic heterocycles. The first-order chi connectivity index (χ1) is 6.89. The summed E-state index contributed by atoms with van der Waals surface area (Å²) in [5.41, 5.74) is 4.67. The van der Waals surface area contributed by atoms with Crippen LogP contribution in [0.3, 0.4) is 0 Å². The van der Waals surface area contributed by atoms with Crippen LogP contribution in [0.5, 0.6) is 0 Å². The van der Waals surface area contributed by atoms with Gasteiger partial charge in [0, 0.05) is 12.0 Å². The third-order valence-corrected chi connectivity index (χ3v) is 1.90. The van der Waals surface area contributed by atoms with Crippen molar-refractivity contribution in [2.45, 2.75) is 25.8 Å². The fourth-order valence-electron chi connectivity index (χ4n) is 1.20. The zero-order valence-electron chi connectivity index (χ0n) is 8.62. The molecule has 0 saturated carbocycles. The number of hydrogen-bond acceptors (Lipinski definition) is 4. The van der Waals surface area contributed by atoms with Gasteiger partial charge in [-0.15, -0.1) is 0 Å². The van der Waals surface area contributed by atoms with Gasteiger partial charge in [-0.3, -0.25) is 4.79 Å². The molecular formula is C9H13ClN4O. The molecule has 0 spiro atoms. The van der Waals surface area contributed by atoms with Crippen molar-refractivity contribution in [3.8, 4) is 0 Å². The van der Waals surface area contributed by atoms with Gasteiger partial charge in [0.05, 0.1) is 12.4 Å². The monoisotopic (exact) mass is 228 g/mol. The van der Waals surface area contributed by atoms with E-state index in [1.165, 1.54) is 12.4 Å². The number of rotatable bonds is 4. The van der Waals surface area contributed by atoms with Crippen LogP contribution in [-0.2, 0) is 4.79 Å². The van der Waals surface area contributed by atoms with E-state index in [1.807, 2.05) is 13.8 Å². The Hall–Kier alpha value is -1.36. The van der Waals surface area contributed by atoms with Crippen LogP contribution < -0.4 is 11.1 Å². The third-order valence-electron chi connectivity index (χ3n) is 1.70. The number of halogens is 1. The number of carbonyl (C=O) groups is 1. The molecule has 0 unspecified atom stereocenters. The third kappa shape index (κ3) is 4.12. The first-order valence-electron chi connectivity index (χ1n) is 4.43. The van der Waals surface area contributed by atoms with Gasteiger partial charge < -0.3 is 11.1 Å². The van der Waals surface area contributed by atoms with Crippen molar-refractivity contribution in [2.24, 2.45) is 5.73 Å². The maximum Gasteiger partial charge on any atom is 0.219 e. The maximum absolute atomic E-state index is 10.8. The fraction of sp³-hybridized carbons (Fsp3) is 0.444. The Morgan fingerprint density at radius 2 is 2.20 bits per heavy atom. The summed E-state index contributed by atoms with van der Waals surface area (Å²) in [7, 11) is 0. The highest BCUT2D eigenvalue weighted by Crippen LogP contribution is 2.15. The van der Waals surface area contributed by atoms with Crippen molar-refractivity contribution >= 4 is 23.3 Å². The van der Waals surface area contributed by atoms with Crippen molar-refractivity contribution in [2.75, 3.05) is 5.32 Å². The van der Waals surface area contributed by atoms with Crippen LogP contribution in [0, 0.1) is 0 Å². The lowest BCUT2D eigenvalue weighted by Crippen LogP contribution is -2.36. The van der Waals surface area contributed by atoms with E-state index in [0.29, 0.717) is 11.0 Å². The Balaban J connectivity index is 2.68. The van der Waals surface area contributed by atoms with Crippen molar-refractivity contribution in [3.63, 3.8) is 0 Å². The van der Waals surface area contributed by atoms with Crippen LogP contribution >= 0.6 is 11.6 Å². The quantitative estimate of drug-likeness (QED) is 0.811. The van der Waals surface area contributed by atoms with Crippen LogP contribution in [0.2, 0.25) is 5.15 Å². The van der Waals surface area contributed by atoms with Crippen LogP contribution in [0.4, 0.5) is 5.82 Å². The number of amides is 1. The van der Waals surface area contributed by atoms with E-state index in [1.54, 1.807) is 0 Å². The van der Waals surface area contributed by atoms with Gasteiger partial charge in [0.2, 0.25) is 5.91 Å². The molecule has 0 atom stereocenters. The molecule has 6 heteroatoms. The van der Waals surface area contributed by atoms with Gasteiger partial charge in [-0.2, -0.15) is 0 Å². The summed E-state index contributed by atoms with van der Waals surface area (Å²) in [6, 6.07) is 0. The van der Waals surface area contributed by atoms with E-state index in [9.17, 15) is 4.79 Å². The van der Waals surface area contributed by atoms with E-state index >= 15 is 0 Å². The SMILES string of the molecule is CC(C)(CC(N)=O)Nc1cnc(Cl)cn1. The lowest BCUT2D eigenvalue weighted by molar-refractivity contribution is -0.118. The Kier molecular flexibility index (Phi) is 3.47. The second-order valence-corrected chi connectivity index (χ2v) is 4.26. The van der Waals surface area contributed by atoms with Crippen LogP contribution in [0.15, 0.2) is 12.4 Å². The highest BCUT2D eigenvalue weighted by Gasteiger charge is 2.20. The van der Waals surface area contributed by atoms with Gasteiger partial charge in [-0.25, -0.2) is 9.97 Å². The highest BCUT2D eigenvalue weighted by molar-refractivity contribution is 6.29. The summed E-state index contributed by atoms with van der Waals surface area (Å²) in [6.07, 6.45) is 3.16. The molecule has 5 nitrogen and oxygen atoms in total. The van der Waals surface area contributed by atoms with E-state index in [2.05, 4.69) is 15.3 Å². The van der Waals surface area contributed by atoms with Crippen LogP contribution in [-0.4, -0.2) is 21.4 Å². The average Bonchev–Trinajstić information content (AvgIpc) is 2.06. The Morgan fingerprint density at radius 3 is 2.67 bits per heavy atom. The van der Waals surface area contributed by atoms with Crippen molar-refractivity contribution in [3.05, 3.63) is 17.5 Å². The number of nitrogens with two attached hydrogens (primary N) is 1. The lowest BCUT2D eigenvalue weighted by atomic mass is 10.0. The summed E-state index contributed by atoms with van der Waals surface area (Å²) in [5, 5.41) is 3.37. The molecule has 0 aliphatic heterocycles. The van der Waals surface area contributed by atoms with Crippen LogP contribution in [0.25, 0.3) is 0 Å². The minimum atomic E-state index is -0.450. The molecule has 0 fully saturated rings. The zero-order valence-corrected chi connectivity index (χ0v) is 9.38. The molecule has 15 heavy (non-hydrogen) atoms. The Labute approximate surface area is 93.0 Å². The van der Waals surface area contributed by atoms with Gasteiger partial charge in [-0.1, -0.05) is 11.6 Å².